The minimum Gasteiger partial charge on any atom is -0.396 e. The largest absolute Gasteiger partial charge is 0.396 e. The van der Waals surface area contributed by atoms with Gasteiger partial charge in [0.1, 0.15) is 5.69 Å². The molecule has 0 bridgehead atoms. The van der Waals surface area contributed by atoms with Crippen molar-refractivity contribution in [1.82, 2.24) is 9.78 Å². The number of aliphatic hydroxyl groups is 1. The van der Waals surface area contributed by atoms with E-state index < -0.39 is 0 Å². The topological polar surface area (TPSA) is 67.2 Å². The van der Waals surface area contributed by atoms with E-state index >= 15 is 0 Å². The maximum Gasteiger partial charge on any atom is 0.291 e. The van der Waals surface area contributed by atoms with Crippen molar-refractivity contribution in [1.29, 1.82) is 0 Å². The molecule has 106 valence electrons. The van der Waals surface area contributed by atoms with E-state index in [9.17, 15) is 4.79 Å². The summed E-state index contributed by atoms with van der Waals surface area (Å²) >= 11 is 3.35. The van der Waals surface area contributed by atoms with Gasteiger partial charge in [-0.15, -0.1) is 0 Å². The molecule has 1 aromatic rings. The highest BCUT2D eigenvalue weighted by Crippen LogP contribution is 2.27. The number of nitrogens with zero attached hydrogens (tertiary/aromatic N) is 2. The lowest BCUT2D eigenvalue weighted by Crippen LogP contribution is -2.31. The van der Waals surface area contributed by atoms with Crippen molar-refractivity contribution < 1.29 is 5.11 Å². The van der Waals surface area contributed by atoms with Crippen LogP contribution in [0, 0.1) is 11.8 Å². The van der Waals surface area contributed by atoms with Gasteiger partial charge >= 0.3 is 0 Å². The van der Waals surface area contributed by atoms with Crippen LogP contribution in [0.2, 0.25) is 0 Å². The van der Waals surface area contributed by atoms with Gasteiger partial charge < -0.3 is 10.4 Å². The zero-order chi connectivity index (χ0) is 13.8. The van der Waals surface area contributed by atoms with Crippen LogP contribution in [0.3, 0.4) is 0 Å². The number of rotatable bonds is 6. The van der Waals surface area contributed by atoms with E-state index in [1.54, 1.807) is 10.9 Å². The predicted molar refractivity (Wildman–Crippen MR) is 78.3 cm³/mol. The van der Waals surface area contributed by atoms with Crippen molar-refractivity contribution in [2.24, 2.45) is 11.8 Å². The highest BCUT2D eigenvalue weighted by molar-refractivity contribution is 9.10. The van der Waals surface area contributed by atoms with Gasteiger partial charge in [0.25, 0.3) is 5.56 Å². The van der Waals surface area contributed by atoms with E-state index in [0.29, 0.717) is 29.2 Å². The van der Waals surface area contributed by atoms with E-state index in [4.69, 9.17) is 5.11 Å². The second-order valence-corrected chi connectivity index (χ2v) is 6.17. The van der Waals surface area contributed by atoms with E-state index in [-0.39, 0.29) is 18.1 Å². The summed E-state index contributed by atoms with van der Waals surface area (Å²) in [5, 5.41) is 16.3. The molecule has 19 heavy (non-hydrogen) atoms. The Morgan fingerprint density at radius 3 is 2.95 bits per heavy atom. The lowest BCUT2D eigenvalue weighted by molar-refractivity contribution is 0.244. The molecule has 0 radical (unpaired) electrons. The number of aromatic nitrogens is 2. The smallest absolute Gasteiger partial charge is 0.291 e. The second-order valence-electron chi connectivity index (χ2n) is 5.32. The van der Waals surface area contributed by atoms with Gasteiger partial charge in [-0.25, -0.2) is 4.68 Å². The fourth-order valence-corrected chi connectivity index (χ4v) is 2.42. The number of hydrogen-bond acceptors (Lipinski definition) is 4. The molecule has 1 saturated carbocycles. The van der Waals surface area contributed by atoms with Gasteiger partial charge in [0, 0.05) is 19.7 Å². The fraction of sp³-hybridized carbons (Fsp3) is 0.692. The molecule has 1 aromatic heterocycles. The van der Waals surface area contributed by atoms with E-state index in [2.05, 4.69) is 26.3 Å². The number of aliphatic hydroxyl groups excluding tert-OH is 1. The average molecular weight is 330 g/mol. The average Bonchev–Trinajstić information content (AvgIpc) is 2.35. The molecule has 1 aliphatic carbocycles. The minimum atomic E-state index is -0.0913. The van der Waals surface area contributed by atoms with Crippen LogP contribution < -0.4 is 10.9 Å². The number of halogens is 1. The van der Waals surface area contributed by atoms with Gasteiger partial charge in [-0.2, -0.15) is 5.10 Å². The zero-order valence-electron chi connectivity index (χ0n) is 11.1. The highest BCUT2D eigenvalue weighted by atomic mass is 79.9. The number of anilines is 1. The molecule has 6 heteroatoms. The Labute approximate surface area is 121 Å². The first-order chi connectivity index (χ1) is 9.11. The summed E-state index contributed by atoms with van der Waals surface area (Å²) in [5.74, 6) is 0.704. The van der Waals surface area contributed by atoms with Crippen LogP contribution >= 0.6 is 15.9 Å². The Kier molecular flexibility index (Phi) is 4.99. The number of nitrogens with one attached hydrogen (secondary N) is 1. The van der Waals surface area contributed by atoms with Gasteiger partial charge in [0.05, 0.1) is 10.7 Å². The molecule has 0 aromatic carbocycles. The van der Waals surface area contributed by atoms with Crippen LogP contribution in [0.15, 0.2) is 15.5 Å². The maximum absolute atomic E-state index is 12.3. The second kappa shape index (κ2) is 6.52. The van der Waals surface area contributed by atoms with E-state index in [1.807, 2.05) is 6.92 Å². The molecule has 1 fully saturated rings. The summed E-state index contributed by atoms with van der Waals surface area (Å²) in [7, 11) is 0. The highest BCUT2D eigenvalue weighted by Gasteiger charge is 2.20. The molecule has 0 spiro atoms. The quantitative estimate of drug-likeness (QED) is 0.835. The van der Waals surface area contributed by atoms with Crippen molar-refractivity contribution in [3.05, 3.63) is 21.0 Å². The Morgan fingerprint density at radius 1 is 1.63 bits per heavy atom. The summed E-state index contributed by atoms with van der Waals surface area (Å²) in [6.07, 6.45) is 5.30. The van der Waals surface area contributed by atoms with Gasteiger partial charge in [0.15, 0.2) is 0 Å². The molecule has 0 amide bonds. The van der Waals surface area contributed by atoms with Crippen molar-refractivity contribution >= 4 is 21.6 Å². The van der Waals surface area contributed by atoms with Crippen LogP contribution in [0.4, 0.5) is 5.69 Å². The lowest BCUT2D eigenvalue weighted by atomic mass is 9.85. The normalized spacial score (nSPS) is 17.0. The van der Waals surface area contributed by atoms with Crippen molar-refractivity contribution in [2.75, 3.05) is 18.5 Å². The third-order valence-electron chi connectivity index (χ3n) is 3.59. The first kappa shape index (κ1) is 14.5. The Morgan fingerprint density at radius 2 is 2.37 bits per heavy atom. The van der Waals surface area contributed by atoms with Gasteiger partial charge in [-0.05, 0) is 40.6 Å². The molecule has 2 N–H and O–H groups in total. The Hall–Kier alpha value is -0.880. The predicted octanol–water partition coefficient (Wildman–Crippen LogP) is 1.85. The SMILES string of the molecule is CC(CO)CNc1c(Br)cnn(CC2CCC2)c1=O. The minimum absolute atomic E-state index is 0.0913. The van der Waals surface area contributed by atoms with Gasteiger partial charge in [-0.1, -0.05) is 13.3 Å². The third kappa shape index (κ3) is 3.57. The molecule has 1 heterocycles. The monoisotopic (exact) mass is 329 g/mol. The maximum atomic E-state index is 12.3. The van der Waals surface area contributed by atoms with Crippen LogP contribution in [0.5, 0.6) is 0 Å². The third-order valence-corrected chi connectivity index (χ3v) is 4.19. The van der Waals surface area contributed by atoms with E-state index in [0.717, 1.165) is 0 Å². The van der Waals surface area contributed by atoms with Crippen LogP contribution in [-0.2, 0) is 6.54 Å². The molecule has 5 nitrogen and oxygen atoms in total. The van der Waals surface area contributed by atoms with Gasteiger partial charge in [0.2, 0.25) is 0 Å². The zero-order valence-corrected chi connectivity index (χ0v) is 12.7. The summed E-state index contributed by atoms with van der Waals surface area (Å²) in [6.45, 7) is 3.30. The molecule has 1 atom stereocenters. The van der Waals surface area contributed by atoms with Gasteiger partial charge in [-0.3, -0.25) is 4.79 Å². The molecule has 1 aliphatic rings. The molecule has 2 rings (SSSR count). The molecule has 1 unspecified atom stereocenters. The summed E-state index contributed by atoms with van der Waals surface area (Å²) < 4.78 is 2.22. The Balaban J connectivity index is 2.11. The summed E-state index contributed by atoms with van der Waals surface area (Å²) in [5.41, 5.74) is 0.445. The van der Waals surface area contributed by atoms with Crippen molar-refractivity contribution in [3.8, 4) is 0 Å². The lowest BCUT2D eigenvalue weighted by Gasteiger charge is -2.25. The Bertz CT molecular complexity index is 485. The molecule has 0 saturated heterocycles. The summed E-state index contributed by atoms with van der Waals surface area (Å²) in [4.78, 5) is 12.3. The molecule has 0 aliphatic heterocycles. The summed E-state index contributed by atoms with van der Waals surface area (Å²) in [6, 6.07) is 0. The van der Waals surface area contributed by atoms with Crippen molar-refractivity contribution in [3.63, 3.8) is 0 Å². The molecular formula is C13H20BrN3O2. The first-order valence-electron chi connectivity index (χ1n) is 6.72. The van der Waals surface area contributed by atoms with Crippen molar-refractivity contribution in [2.45, 2.75) is 32.7 Å². The molecular weight excluding hydrogens is 310 g/mol. The number of hydrogen-bond donors (Lipinski definition) is 2. The van der Waals surface area contributed by atoms with Crippen LogP contribution in [-0.4, -0.2) is 28.0 Å². The standard InChI is InChI=1S/C13H20BrN3O2/c1-9(8-18)5-15-12-11(14)6-16-17(13(12)19)7-10-3-2-4-10/h6,9-10,15,18H,2-5,7-8H2,1H3. The first-order valence-corrected chi connectivity index (χ1v) is 7.51. The van der Waals surface area contributed by atoms with Crippen LogP contribution in [0.1, 0.15) is 26.2 Å². The van der Waals surface area contributed by atoms with E-state index in [1.165, 1.54) is 19.3 Å². The van der Waals surface area contributed by atoms with Crippen LogP contribution in [0.25, 0.3) is 0 Å². The fourth-order valence-electron chi connectivity index (χ4n) is 2.02.